The minimum Gasteiger partial charge on any atom is -0.496 e. The van der Waals surface area contributed by atoms with Gasteiger partial charge >= 0.3 is 0 Å². The Morgan fingerprint density at radius 1 is 1.14 bits per heavy atom. The van der Waals surface area contributed by atoms with E-state index in [9.17, 15) is 0 Å². The van der Waals surface area contributed by atoms with E-state index >= 15 is 0 Å². The van der Waals surface area contributed by atoms with Crippen LogP contribution in [0.2, 0.25) is 0 Å². The van der Waals surface area contributed by atoms with Crippen molar-refractivity contribution in [2.75, 3.05) is 12.8 Å². The number of aromatic nitrogens is 1. The van der Waals surface area contributed by atoms with Crippen molar-refractivity contribution >= 4 is 28.5 Å². The molecule has 21 heavy (non-hydrogen) atoms. The predicted molar refractivity (Wildman–Crippen MR) is 91.1 cm³/mol. The third kappa shape index (κ3) is 2.61. The van der Waals surface area contributed by atoms with Crippen LogP contribution in [-0.4, -0.2) is 12.3 Å². The van der Waals surface area contributed by atoms with Gasteiger partial charge in [0.1, 0.15) is 11.4 Å². The first-order valence-electron chi connectivity index (χ1n) is 6.35. The number of halogens is 1. The van der Waals surface area contributed by atoms with Crippen LogP contribution in [-0.2, 0) is 0 Å². The number of nitrogens with two attached hydrogens (primary N) is 1. The van der Waals surface area contributed by atoms with Crippen LogP contribution in [0.3, 0.4) is 0 Å². The number of ether oxygens (including phenoxy) is 1. The highest BCUT2D eigenvalue weighted by Crippen LogP contribution is 2.40. The highest BCUT2D eigenvalue weighted by atomic mass is 127. The first-order chi connectivity index (χ1) is 10.2. The monoisotopic (exact) mass is 392 g/mol. The molecule has 4 nitrogen and oxygen atoms in total. The van der Waals surface area contributed by atoms with Gasteiger partial charge in [0, 0.05) is 14.7 Å². The average molecular weight is 392 g/mol. The molecule has 0 fully saturated rings. The quantitative estimate of drug-likeness (QED) is 0.679. The number of hydrogen-bond donors (Lipinski definition) is 1. The molecule has 0 saturated carbocycles. The van der Waals surface area contributed by atoms with Crippen molar-refractivity contribution in [1.29, 1.82) is 0 Å². The zero-order valence-corrected chi connectivity index (χ0v) is 13.5. The SMILES string of the molecule is COc1ccccc1-c1c(-c2cccc(I)c2)noc1N. The number of nitrogen functional groups attached to an aromatic ring is 1. The first-order valence-corrected chi connectivity index (χ1v) is 7.43. The molecule has 3 rings (SSSR count). The van der Waals surface area contributed by atoms with Crippen molar-refractivity contribution < 1.29 is 9.26 Å². The van der Waals surface area contributed by atoms with Crippen LogP contribution < -0.4 is 10.5 Å². The summed E-state index contributed by atoms with van der Waals surface area (Å²) in [7, 11) is 1.63. The zero-order valence-electron chi connectivity index (χ0n) is 11.3. The molecule has 1 heterocycles. The van der Waals surface area contributed by atoms with Crippen molar-refractivity contribution in [2.24, 2.45) is 0 Å². The Morgan fingerprint density at radius 3 is 2.71 bits per heavy atom. The van der Waals surface area contributed by atoms with Crippen LogP contribution in [0.25, 0.3) is 22.4 Å². The van der Waals surface area contributed by atoms with Crippen LogP contribution >= 0.6 is 22.6 Å². The highest BCUT2D eigenvalue weighted by molar-refractivity contribution is 14.1. The molecule has 106 valence electrons. The maximum Gasteiger partial charge on any atom is 0.230 e. The Morgan fingerprint density at radius 2 is 1.95 bits per heavy atom. The van der Waals surface area contributed by atoms with Gasteiger partial charge in [-0.05, 0) is 40.8 Å². The Bertz CT molecular complexity index is 783. The minimum absolute atomic E-state index is 0.286. The molecule has 0 aliphatic carbocycles. The summed E-state index contributed by atoms with van der Waals surface area (Å²) in [6.07, 6.45) is 0. The van der Waals surface area contributed by atoms with Gasteiger partial charge in [-0.1, -0.05) is 35.5 Å². The summed E-state index contributed by atoms with van der Waals surface area (Å²) in [5.41, 5.74) is 9.29. The average Bonchev–Trinajstić information content (AvgIpc) is 2.89. The number of anilines is 1. The van der Waals surface area contributed by atoms with Crippen molar-refractivity contribution in [3.05, 3.63) is 52.1 Å². The smallest absolute Gasteiger partial charge is 0.230 e. The van der Waals surface area contributed by atoms with E-state index in [0.717, 1.165) is 31.7 Å². The first kappa shape index (κ1) is 13.9. The molecular formula is C16H13IN2O2. The van der Waals surface area contributed by atoms with Gasteiger partial charge in [-0.2, -0.15) is 0 Å². The fourth-order valence-corrected chi connectivity index (χ4v) is 2.79. The molecule has 1 aromatic heterocycles. The maximum atomic E-state index is 5.99. The predicted octanol–water partition coefficient (Wildman–Crippen LogP) is 4.20. The summed E-state index contributed by atoms with van der Waals surface area (Å²) in [6.45, 7) is 0. The van der Waals surface area contributed by atoms with E-state index in [2.05, 4.69) is 27.7 Å². The topological polar surface area (TPSA) is 61.3 Å². The Kier molecular flexibility index (Phi) is 3.83. The number of nitrogens with zero attached hydrogens (tertiary/aromatic N) is 1. The fraction of sp³-hybridized carbons (Fsp3) is 0.0625. The van der Waals surface area contributed by atoms with Crippen molar-refractivity contribution in [2.45, 2.75) is 0 Å². The number of rotatable bonds is 3. The Hall–Kier alpha value is -2.02. The summed E-state index contributed by atoms with van der Waals surface area (Å²) in [5.74, 6) is 1.02. The van der Waals surface area contributed by atoms with Crippen LogP contribution in [0.15, 0.2) is 53.1 Å². The number of para-hydroxylation sites is 1. The lowest BCUT2D eigenvalue weighted by Crippen LogP contribution is -1.92. The Balaban J connectivity index is 2.22. The molecule has 0 spiro atoms. The summed E-state index contributed by atoms with van der Waals surface area (Å²) >= 11 is 2.27. The molecule has 0 atom stereocenters. The standard InChI is InChI=1S/C16H13IN2O2/c1-20-13-8-3-2-7-12(13)14-15(19-21-16(14)18)10-5-4-6-11(17)9-10/h2-9H,18H2,1H3. The van der Waals surface area contributed by atoms with E-state index in [4.69, 9.17) is 15.0 Å². The Labute approximate surface area is 136 Å². The van der Waals surface area contributed by atoms with Crippen LogP contribution in [0.4, 0.5) is 5.88 Å². The fourth-order valence-electron chi connectivity index (χ4n) is 2.25. The number of benzene rings is 2. The van der Waals surface area contributed by atoms with Gasteiger partial charge in [0.15, 0.2) is 0 Å². The van der Waals surface area contributed by atoms with Gasteiger partial charge in [-0.25, -0.2) is 0 Å². The third-order valence-corrected chi connectivity index (χ3v) is 3.86. The molecule has 0 aliphatic rings. The summed E-state index contributed by atoms with van der Waals surface area (Å²) in [4.78, 5) is 0. The molecule has 0 aliphatic heterocycles. The normalized spacial score (nSPS) is 10.6. The number of methoxy groups -OCH3 is 1. The lowest BCUT2D eigenvalue weighted by atomic mass is 10.0. The second kappa shape index (κ2) is 5.77. The second-order valence-electron chi connectivity index (χ2n) is 4.48. The van der Waals surface area contributed by atoms with Crippen LogP contribution in [0.1, 0.15) is 0 Å². The molecule has 2 aromatic carbocycles. The lowest BCUT2D eigenvalue weighted by molar-refractivity contribution is 0.416. The van der Waals surface area contributed by atoms with Crippen LogP contribution in [0, 0.1) is 3.57 Å². The molecule has 2 N–H and O–H groups in total. The van der Waals surface area contributed by atoms with E-state index in [0.29, 0.717) is 0 Å². The number of hydrogen-bond acceptors (Lipinski definition) is 4. The van der Waals surface area contributed by atoms with Crippen molar-refractivity contribution in [3.8, 4) is 28.1 Å². The van der Waals surface area contributed by atoms with Crippen molar-refractivity contribution in [3.63, 3.8) is 0 Å². The zero-order chi connectivity index (χ0) is 14.8. The highest BCUT2D eigenvalue weighted by Gasteiger charge is 2.20. The molecule has 0 saturated heterocycles. The lowest BCUT2D eigenvalue weighted by Gasteiger charge is -2.08. The van der Waals surface area contributed by atoms with E-state index in [1.165, 1.54) is 0 Å². The third-order valence-electron chi connectivity index (χ3n) is 3.19. The van der Waals surface area contributed by atoms with Gasteiger partial charge in [-0.15, -0.1) is 0 Å². The molecule has 0 radical (unpaired) electrons. The molecule has 0 bridgehead atoms. The molecule has 3 aromatic rings. The minimum atomic E-state index is 0.286. The van der Waals surface area contributed by atoms with E-state index in [1.807, 2.05) is 48.5 Å². The molecule has 0 unspecified atom stereocenters. The summed E-state index contributed by atoms with van der Waals surface area (Å²) in [6, 6.07) is 15.7. The van der Waals surface area contributed by atoms with Gasteiger partial charge in [0.25, 0.3) is 0 Å². The van der Waals surface area contributed by atoms with Gasteiger partial charge < -0.3 is 15.0 Å². The van der Waals surface area contributed by atoms with E-state index in [1.54, 1.807) is 7.11 Å². The van der Waals surface area contributed by atoms with E-state index < -0.39 is 0 Å². The van der Waals surface area contributed by atoms with E-state index in [-0.39, 0.29) is 5.88 Å². The van der Waals surface area contributed by atoms with Gasteiger partial charge in [-0.3, -0.25) is 0 Å². The summed E-state index contributed by atoms with van der Waals surface area (Å²) in [5, 5.41) is 4.12. The maximum absolute atomic E-state index is 5.99. The molecule has 5 heteroatoms. The second-order valence-corrected chi connectivity index (χ2v) is 5.73. The van der Waals surface area contributed by atoms with Gasteiger partial charge in [0.2, 0.25) is 5.88 Å². The van der Waals surface area contributed by atoms with Crippen LogP contribution in [0.5, 0.6) is 5.75 Å². The summed E-state index contributed by atoms with van der Waals surface area (Å²) < 4.78 is 11.7. The molecular weight excluding hydrogens is 379 g/mol. The van der Waals surface area contributed by atoms with Crippen molar-refractivity contribution in [1.82, 2.24) is 5.16 Å². The largest absolute Gasteiger partial charge is 0.496 e. The molecule has 0 amide bonds. The van der Waals surface area contributed by atoms with Gasteiger partial charge in [0.05, 0.1) is 12.7 Å².